The maximum Gasteiger partial charge on any atom is 0.226 e. The molecule has 8 nitrogen and oxygen atoms in total. The second-order valence-corrected chi connectivity index (χ2v) is 6.07. The topological polar surface area (TPSA) is 99.5 Å². The summed E-state index contributed by atoms with van der Waals surface area (Å²) in [7, 11) is 1.83. The summed E-state index contributed by atoms with van der Waals surface area (Å²) in [6.45, 7) is 1.47. The molecule has 3 aromatic heterocycles. The summed E-state index contributed by atoms with van der Waals surface area (Å²) in [5.74, 6) is 1.94. The fourth-order valence-corrected chi connectivity index (χ4v) is 2.90. The fourth-order valence-electron chi connectivity index (χ4n) is 2.90. The molecule has 0 radical (unpaired) electrons. The molecule has 0 spiro atoms. The van der Waals surface area contributed by atoms with E-state index < -0.39 is 0 Å². The van der Waals surface area contributed by atoms with Crippen molar-refractivity contribution in [3.63, 3.8) is 0 Å². The van der Waals surface area contributed by atoms with Gasteiger partial charge in [0.25, 0.3) is 0 Å². The van der Waals surface area contributed by atoms with Crippen LogP contribution < -0.4 is 11.1 Å². The van der Waals surface area contributed by atoms with Crippen molar-refractivity contribution < 1.29 is 0 Å². The van der Waals surface area contributed by atoms with Gasteiger partial charge in [0.15, 0.2) is 5.65 Å². The number of benzene rings is 1. The quantitative estimate of drug-likeness (QED) is 0.552. The second-order valence-electron chi connectivity index (χ2n) is 6.07. The van der Waals surface area contributed by atoms with Crippen molar-refractivity contribution in [3.05, 3.63) is 60.3 Å². The summed E-state index contributed by atoms with van der Waals surface area (Å²) in [6, 6.07) is 10.3. The summed E-state index contributed by atoms with van der Waals surface area (Å²) in [5.41, 5.74) is 7.95. The number of nitrogen functional groups attached to an aromatic ring is 1. The van der Waals surface area contributed by atoms with Crippen LogP contribution in [0.4, 0.5) is 11.8 Å². The minimum absolute atomic E-state index is 0.427. The molecule has 0 atom stereocenters. The Labute approximate surface area is 150 Å². The Morgan fingerprint density at radius 1 is 1.15 bits per heavy atom. The lowest BCUT2D eigenvalue weighted by molar-refractivity contribution is 0.721. The highest BCUT2D eigenvalue weighted by Crippen LogP contribution is 2.18. The van der Waals surface area contributed by atoms with E-state index in [2.05, 4.69) is 42.1 Å². The number of rotatable bonds is 6. The van der Waals surface area contributed by atoms with E-state index in [1.54, 1.807) is 10.9 Å². The van der Waals surface area contributed by atoms with Crippen LogP contribution in [0.3, 0.4) is 0 Å². The molecule has 0 aliphatic carbocycles. The Kier molecular flexibility index (Phi) is 4.22. The Morgan fingerprint density at radius 2 is 2.00 bits per heavy atom. The highest BCUT2D eigenvalue weighted by Gasteiger charge is 2.09. The van der Waals surface area contributed by atoms with Crippen LogP contribution in [0.5, 0.6) is 0 Å². The number of imidazole rings is 1. The molecule has 4 rings (SSSR count). The first kappa shape index (κ1) is 16.1. The van der Waals surface area contributed by atoms with Gasteiger partial charge in [-0.1, -0.05) is 30.3 Å². The summed E-state index contributed by atoms with van der Waals surface area (Å²) in [5, 5.41) is 8.15. The van der Waals surface area contributed by atoms with E-state index in [0.717, 1.165) is 24.2 Å². The number of nitrogens with one attached hydrogen (secondary N) is 1. The zero-order valence-corrected chi connectivity index (χ0v) is 14.5. The van der Waals surface area contributed by atoms with Crippen LogP contribution >= 0.6 is 0 Å². The van der Waals surface area contributed by atoms with Crippen molar-refractivity contribution in [2.75, 3.05) is 17.6 Å². The SMILES string of the molecule is Cn1ncc2c(N)nc(NCCc3nccn3Cc3ccccc3)nc21. The van der Waals surface area contributed by atoms with Gasteiger partial charge in [0.05, 0.1) is 11.6 Å². The minimum atomic E-state index is 0.427. The normalized spacial score (nSPS) is 11.1. The fraction of sp³-hybridized carbons (Fsp3) is 0.222. The minimum Gasteiger partial charge on any atom is -0.383 e. The van der Waals surface area contributed by atoms with Gasteiger partial charge in [-0.2, -0.15) is 15.1 Å². The monoisotopic (exact) mass is 348 g/mol. The van der Waals surface area contributed by atoms with Gasteiger partial charge in [-0.15, -0.1) is 0 Å². The predicted octanol–water partition coefficient (Wildman–Crippen LogP) is 1.84. The molecule has 0 bridgehead atoms. The van der Waals surface area contributed by atoms with E-state index in [1.807, 2.05) is 37.6 Å². The average Bonchev–Trinajstić information content (AvgIpc) is 3.23. The highest BCUT2D eigenvalue weighted by molar-refractivity contribution is 5.86. The third kappa shape index (κ3) is 3.21. The van der Waals surface area contributed by atoms with Crippen molar-refractivity contribution >= 4 is 22.8 Å². The Balaban J connectivity index is 1.43. The van der Waals surface area contributed by atoms with Crippen molar-refractivity contribution in [1.82, 2.24) is 29.3 Å². The molecule has 0 amide bonds. The number of aryl methyl sites for hydroxylation is 1. The summed E-state index contributed by atoms with van der Waals surface area (Å²) in [6.07, 6.45) is 6.26. The van der Waals surface area contributed by atoms with E-state index >= 15 is 0 Å². The lowest BCUT2D eigenvalue weighted by Crippen LogP contribution is -2.13. The molecule has 0 fully saturated rings. The van der Waals surface area contributed by atoms with E-state index in [-0.39, 0.29) is 0 Å². The molecule has 8 heteroatoms. The molecule has 0 saturated carbocycles. The van der Waals surface area contributed by atoms with Crippen molar-refractivity contribution in [2.45, 2.75) is 13.0 Å². The maximum atomic E-state index is 5.99. The third-order valence-electron chi connectivity index (χ3n) is 4.25. The Morgan fingerprint density at radius 3 is 2.85 bits per heavy atom. The van der Waals surface area contributed by atoms with Gasteiger partial charge in [-0.05, 0) is 5.56 Å². The molecule has 0 aliphatic rings. The number of nitrogens with two attached hydrogens (primary N) is 1. The highest BCUT2D eigenvalue weighted by atomic mass is 15.3. The number of nitrogens with zero attached hydrogens (tertiary/aromatic N) is 6. The van der Waals surface area contributed by atoms with Crippen LogP contribution in [-0.4, -0.2) is 35.8 Å². The van der Waals surface area contributed by atoms with E-state index in [0.29, 0.717) is 24.0 Å². The summed E-state index contributed by atoms with van der Waals surface area (Å²) < 4.78 is 3.83. The number of aromatic nitrogens is 6. The van der Waals surface area contributed by atoms with E-state index in [9.17, 15) is 0 Å². The second kappa shape index (κ2) is 6.83. The summed E-state index contributed by atoms with van der Waals surface area (Å²) in [4.78, 5) is 13.2. The van der Waals surface area contributed by atoms with E-state index in [1.165, 1.54) is 5.56 Å². The van der Waals surface area contributed by atoms with Gasteiger partial charge in [0.1, 0.15) is 11.6 Å². The molecule has 0 aliphatic heterocycles. The van der Waals surface area contributed by atoms with Crippen LogP contribution in [0.1, 0.15) is 11.4 Å². The summed E-state index contributed by atoms with van der Waals surface area (Å²) >= 11 is 0. The van der Waals surface area contributed by atoms with Gasteiger partial charge < -0.3 is 15.6 Å². The standard InChI is InChI=1S/C18H20N8/c1-25-17-14(11-22-25)16(19)23-18(24-17)21-8-7-15-20-9-10-26(15)12-13-5-3-2-4-6-13/h2-6,9-11H,7-8,12H2,1H3,(H3,19,21,23,24). The largest absolute Gasteiger partial charge is 0.383 e. The zero-order chi connectivity index (χ0) is 17.9. The van der Waals surface area contributed by atoms with Crippen molar-refractivity contribution in [3.8, 4) is 0 Å². The first-order chi connectivity index (χ1) is 12.7. The molecule has 3 N–H and O–H groups in total. The van der Waals surface area contributed by atoms with Crippen molar-refractivity contribution in [1.29, 1.82) is 0 Å². The van der Waals surface area contributed by atoms with Crippen LogP contribution in [0.2, 0.25) is 0 Å². The molecular weight excluding hydrogens is 328 g/mol. The zero-order valence-electron chi connectivity index (χ0n) is 14.5. The first-order valence-electron chi connectivity index (χ1n) is 8.44. The molecule has 0 saturated heterocycles. The number of hydrogen-bond acceptors (Lipinski definition) is 6. The molecule has 26 heavy (non-hydrogen) atoms. The van der Waals surface area contributed by atoms with Crippen LogP contribution in [-0.2, 0) is 20.0 Å². The molecule has 1 aromatic carbocycles. The molecule has 4 aromatic rings. The lowest BCUT2D eigenvalue weighted by Gasteiger charge is -2.09. The number of fused-ring (bicyclic) bond motifs is 1. The van der Waals surface area contributed by atoms with Gasteiger partial charge in [0, 0.05) is 39.0 Å². The van der Waals surface area contributed by atoms with Gasteiger partial charge in [0.2, 0.25) is 5.95 Å². The lowest BCUT2D eigenvalue weighted by atomic mass is 10.2. The van der Waals surface area contributed by atoms with Crippen LogP contribution in [0.25, 0.3) is 11.0 Å². The third-order valence-corrected chi connectivity index (χ3v) is 4.25. The first-order valence-corrected chi connectivity index (χ1v) is 8.44. The van der Waals surface area contributed by atoms with Gasteiger partial charge in [-0.3, -0.25) is 4.68 Å². The predicted molar refractivity (Wildman–Crippen MR) is 101 cm³/mol. The molecule has 0 unspecified atom stereocenters. The smallest absolute Gasteiger partial charge is 0.226 e. The molecular formula is C18H20N8. The number of hydrogen-bond donors (Lipinski definition) is 2. The Bertz CT molecular complexity index is 1020. The number of anilines is 2. The van der Waals surface area contributed by atoms with Crippen LogP contribution in [0.15, 0.2) is 48.9 Å². The average molecular weight is 348 g/mol. The Hall–Kier alpha value is -3.42. The van der Waals surface area contributed by atoms with Crippen LogP contribution in [0, 0.1) is 0 Å². The van der Waals surface area contributed by atoms with Crippen molar-refractivity contribution in [2.24, 2.45) is 7.05 Å². The van der Waals surface area contributed by atoms with Gasteiger partial charge in [-0.25, -0.2) is 4.98 Å². The van der Waals surface area contributed by atoms with Gasteiger partial charge >= 0.3 is 0 Å². The maximum absolute atomic E-state index is 5.99. The van der Waals surface area contributed by atoms with E-state index in [4.69, 9.17) is 5.73 Å². The molecule has 3 heterocycles. The molecule has 132 valence electrons.